The monoisotopic (exact) mass is 338 g/mol. The fourth-order valence-corrected chi connectivity index (χ4v) is 5.49. The van der Waals surface area contributed by atoms with Gasteiger partial charge in [0.2, 0.25) is 0 Å². The Bertz CT molecular complexity index is 290. The third-order valence-corrected chi connectivity index (χ3v) is 8.20. The molecule has 2 saturated heterocycles. The number of quaternary nitrogens is 2. The highest BCUT2D eigenvalue weighted by Crippen LogP contribution is 2.30. The lowest BCUT2D eigenvalue weighted by Crippen LogP contribution is -2.52. The molecule has 142 valence electrons. The second-order valence-corrected chi connectivity index (χ2v) is 9.01. The third kappa shape index (κ3) is 5.21. The summed E-state index contributed by atoms with van der Waals surface area (Å²) in [5.41, 5.74) is 0. The van der Waals surface area contributed by atoms with E-state index in [0.717, 1.165) is 11.8 Å². The highest BCUT2D eigenvalue weighted by Gasteiger charge is 2.32. The van der Waals surface area contributed by atoms with E-state index in [1.165, 1.54) is 113 Å². The van der Waals surface area contributed by atoms with Crippen LogP contribution < -0.4 is 0 Å². The maximum atomic E-state index is 2.39. The maximum absolute atomic E-state index is 2.39. The second kappa shape index (κ2) is 9.57. The molecule has 24 heavy (non-hydrogen) atoms. The lowest BCUT2D eigenvalue weighted by atomic mass is 9.86. The summed E-state index contributed by atoms with van der Waals surface area (Å²) in [4.78, 5) is 0. The van der Waals surface area contributed by atoms with E-state index in [0.29, 0.717) is 0 Å². The first-order chi connectivity index (χ1) is 11.6. The van der Waals surface area contributed by atoms with Crippen LogP contribution >= 0.6 is 0 Å². The van der Waals surface area contributed by atoms with Crippen molar-refractivity contribution in [3.63, 3.8) is 0 Å². The lowest BCUT2D eigenvalue weighted by molar-refractivity contribution is -0.930. The lowest BCUT2D eigenvalue weighted by Gasteiger charge is -2.43. The Kier molecular flexibility index (Phi) is 8.07. The molecule has 0 atom stereocenters. The number of hydrogen-bond donors (Lipinski definition) is 0. The molecule has 0 aromatic carbocycles. The average Bonchev–Trinajstić information content (AvgIpc) is 2.66. The molecule has 0 aliphatic carbocycles. The van der Waals surface area contributed by atoms with Gasteiger partial charge in [-0.3, -0.25) is 0 Å². The van der Waals surface area contributed by atoms with E-state index in [1.807, 2.05) is 0 Å². The molecule has 0 aromatic rings. The predicted molar refractivity (Wildman–Crippen MR) is 106 cm³/mol. The van der Waals surface area contributed by atoms with Gasteiger partial charge >= 0.3 is 0 Å². The zero-order chi connectivity index (χ0) is 17.5. The fourth-order valence-electron chi connectivity index (χ4n) is 5.49. The SMILES string of the molecule is CC[N+]1(CC)CCC(CCCCC2CC[N+](CC)(CC)CC2)CC1. The fraction of sp³-hybridized carbons (Fsp3) is 1.00. The number of hydrogen-bond acceptors (Lipinski definition) is 0. The van der Waals surface area contributed by atoms with Crippen molar-refractivity contribution in [1.82, 2.24) is 0 Å². The topological polar surface area (TPSA) is 0 Å². The van der Waals surface area contributed by atoms with Gasteiger partial charge in [-0.25, -0.2) is 0 Å². The van der Waals surface area contributed by atoms with Crippen LogP contribution in [0.3, 0.4) is 0 Å². The Balaban J connectivity index is 1.57. The average molecular weight is 339 g/mol. The number of likely N-dealkylation sites (tertiary alicyclic amines) is 2. The highest BCUT2D eigenvalue weighted by atomic mass is 15.4. The molecule has 2 nitrogen and oxygen atoms in total. The van der Waals surface area contributed by atoms with Crippen LogP contribution in [-0.2, 0) is 0 Å². The summed E-state index contributed by atoms with van der Waals surface area (Å²) in [5.74, 6) is 2.09. The van der Waals surface area contributed by atoms with Crippen molar-refractivity contribution in [2.24, 2.45) is 11.8 Å². The smallest absolute Gasteiger partial charge is 0.0789 e. The third-order valence-electron chi connectivity index (χ3n) is 8.20. The summed E-state index contributed by atoms with van der Waals surface area (Å²) in [6.07, 6.45) is 12.0. The first-order valence-electron chi connectivity index (χ1n) is 11.3. The van der Waals surface area contributed by atoms with Gasteiger partial charge in [-0.2, -0.15) is 0 Å². The largest absolute Gasteiger partial charge is 0.324 e. The second-order valence-electron chi connectivity index (χ2n) is 9.01. The molecule has 2 fully saturated rings. The molecular formula is C22H46N2+2. The van der Waals surface area contributed by atoms with Crippen LogP contribution in [0.15, 0.2) is 0 Å². The van der Waals surface area contributed by atoms with Gasteiger partial charge < -0.3 is 8.97 Å². The van der Waals surface area contributed by atoms with Crippen molar-refractivity contribution >= 4 is 0 Å². The van der Waals surface area contributed by atoms with Crippen molar-refractivity contribution in [2.45, 2.75) is 79.1 Å². The van der Waals surface area contributed by atoms with E-state index < -0.39 is 0 Å². The molecular weight excluding hydrogens is 292 g/mol. The molecule has 2 heteroatoms. The van der Waals surface area contributed by atoms with Crippen molar-refractivity contribution in [2.75, 3.05) is 52.4 Å². The van der Waals surface area contributed by atoms with Crippen LogP contribution in [0, 0.1) is 11.8 Å². The molecule has 0 bridgehead atoms. The van der Waals surface area contributed by atoms with E-state index in [-0.39, 0.29) is 0 Å². The summed E-state index contributed by atoms with van der Waals surface area (Å²) in [6.45, 7) is 20.8. The minimum atomic E-state index is 1.05. The standard InChI is InChI=1S/C22H46N2/c1-5-23(6-2)17-13-21(14-18-23)11-9-10-12-22-15-19-24(7-3,8-4)20-16-22/h21-22H,5-20H2,1-4H3/q+2. The summed E-state index contributed by atoms with van der Waals surface area (Å²) < 4.78 is 2.79. The molecule has 0 saturated carbocycles. The molecule has 2 rings (SSSR count). The van der Waals surface area contributed by atoms with Crippen molar-refractivity contribution in [3.05, 3.63) is 0 Å². The van der Waals surface area contributed by atoms with Crippen molar-refractivity contribution in [1.29, 1.82) is 0 Å². The van der Waals surface area contributed by atoms with E-state index in [4.69, 9.17) is 0 Å². The van der Waals surface area contributed by atoms with Gasteiger partial charge in [0.15, 0.2) is 0 Å². The molecule has 2 aliphatic heterocycles. The van der Waals surface area contributed by atoms with Crippen molar-refractivity contribution < 1.29 is 8.97 Å². The molecule has 0 radical (unpaired) electrons. The van der Waals surface area contributed by atoms with Gasteiger partial charge in [-0.1, -0.05) is 25.7 Å². The molecule has 0 amide bonds. The Morgan fingerprint density at radius 1 is 0.542 bits per heavy atom. The molecule has 2 aliphatic rings. The van der Waals surface area contributed by atoms with Crippen LogP contribution in [0.2, 0.25) is 0 Å². The van der Waals surface area contributed by atoms with Crippen LogP contribution in [0.4, 0.5) is 0 Å². The minimum Gasteiger partial charge on any atom is -0.324 e. The first-order valence-corrected chi connectivity index (χ1v) is 11.3. The van der Waals surface area contributed by atoms with E-state index in [9.17, 15) is 0 Å². The van der Waals surface area contributed by atoms with Gasteiger partial charge in [0.05, 0.1) is 52.4 Å². The van der Waals surface area contributed by atoms with Crippen molar-refractivity contribution in [3.8, 4) is 0 Å². The number of rotatable bonds is 9. The first kappa shape index (κ1) is 20.2. The normalized spacial score (nSPS) is 25.0. The molecule has 2 heterocycles. The van der Waals surface area contributed by atoms with Crippen LogP contribution in [0.5, 0.6) is 0 Å². The number of nitrogens with zero attached hydrogens (tertiary/aromatic N) is 2. The molecule has 0 unspecified atom stereocenters. The summed E-state index contributed by atoms with van der Waals surface area (Å²) in [6, 6.07) is 0. The van der Waals surface area contributed by atoms with Gasteiger partial charge in [0.1, 0.15) is 0 Å². The Morgan fingerprint density at radius 3 is 1.08 bits per heavy atom. The van der Waals surface area contributed by atoms with Gasteiger partial charge in [-0.15, -0.1) is 0 Å². The number of piperidine rings is 2. The number of unbranched alkanes of at least 4 members (excludes halogenated alkanes) is 1. The summed E-state index contributed by atoms with van der Waals surface area (Å²) in [5, 5.41) is 0. The minimum absolute atomic E-state index is 1.05. The zero-order valence-electron chi connectivity index (χ0n) is 17.4. The highest BCUT2D eigenvalue weighted by molar-refractivity contribution is 4.68. The summed E-state index contributed by atoms with van der Waals surface area (Å²) >= 11 is 0. The Hall–Kier alpha value is -0.0800. The quantitative estimate of drug-likeness (QED) is 0.406. The van der Waals surface area contributed by atoms with Gasteiger partial charge in [0, 0.05) is 0 Å². The van der Waals surface area contributed by atoms with Gasteiger partial charge in [0.25, 0.3) is 0 Å². The Labute approximate surface area is 152 Å². The molecule has 0 aromatic heterocycles. The van der Waals surface area contributed by atoms with Crippen LogP contribution in [0.25, 0.3) is 0 Å². The zero-order valence-corrected chi connectivity index (χ0v) is 17.4. The maximum Gasteiger partial charge on any atom is 0.0789 e. The predicted octanol–water partition coefficient (Wildman–Crippen LogP) is 5.08. The van der Waals surface area contributed by atoms with E-state index >= 15 is 0 Å². The van der Waals surface area contributed by atoms with E-state index in [2.05, 4.69) is 27.7 Å². The Morgan fingerprint density at radius 2 is 0.833 bits per heavy atom. The molecule has 0 spiro atoms. The van der Waals surface area contributed by atoms with E-state index in [1.54, 1.807) is 0 Å². The van der Waals surface area contributed by atoms with Gasteiger partial charge in [-0.05, 0) is 65.2 Å². The molecule has 0 N–H and O–H groups in total. The van der Waals surface area contributed by atoms with Crippen LogP contribution in [-0.4, -0.2) is 61.3 Å². The van der Waals surface area contributed by atoms with Crippen LogP contribution in [0.1, 0.15) is 79.1 Å². The summed E-state index contributed by atoms with van der Waals surface area (Å²) in [7, 11) is 0.